The zero-order valence-corrected chi connectivity index (χ0v) is 19.1. The molecule has 0 bridgehead atoms. The Bertz CT molecular complexity index is 1210. The maximum atomic E-state index is 13.6. The second-order valence-electron chi connectivity index (χ2n) is 8.47. The van der Waals surface area contributed by atoms with Gasteiger partial charge in [-0.05, 0) is 85.3 Å². The molecule has 1 aliphatic rings. The van der Waals surface area contributed by atoms with E-state index >= 15 is 0 Å². The number of aryl methyl sites for hydroxylation is 3. The minimum atomic E-state index is -0.431. The molecule has 0 saturated heterocycles. The summed E-state index contributed by atoms with van der Waals surface area (Å²) >= 11 is 0. The lowest BCUT2D eigenvalue weighted by atomic mass is 10.0. The molecule has 5 heteroatoms. The first kappa shape index (κ1) is 22.5. The van der Waals surface area contributed by atoms with Gasteiger partial charge in [-0.1, -0.05) is 43.7 Å². The van der Waals surface area contributed by atoms with Gasteiger partial charge in [-0.25, -0.2) is 9.29 Å². The number of halogens is 1. The van der Waals surface area contributed by atoms with Crippen molar-refractivity contribution in [2.45, 2.75) is 40.0 Å². The summed E-state index contributed by atoms with van der Waals surface area (Å²) in [5.74, 6) is -1.26. The minimum absolute atomic E-state index is 0.187. The fourth-order valence-corrected chi connectivity index (χ4v) is 4.15. The number of imide groups is 1. The Morgan fingerprint density at radius 3 is 2.09 bits per heavy atom. The molecule has 1 N–H and O–H groups in total. The van der Waals surface area contributed by atoms with Crippen molar-refractivity contribution in [1.29, 1.82) is 0 Å². The Hall–Kier alpha value is -3.73. The Morgan fingerprint density at radius 2 is 1.48 bits per heavy atom. The monoisotopic (exact) mass is 442 g/mol. The summed E-state index contributed by atoms with van der Waals surface area (Å²) in [4.78, 5) is 28.2. The van der Waals surface area contributed by atoms with E-state index in [9.17, 15) is 14.0 Å². The van der Waals surface area contributed by atoms with Gasteiger partial charge in [0.15, 0.2) is 0 Å². The van der Waals surface area contributed by atoms with Crippen LogP contribution in [0.15, 0.2) is 72.4 Å². The number of hydrogen-bond donors (Lipinski definition) is 1. The van der Waals surface area contributed by atoms with Crippen molar-refractivity contribution < 1.29 is 14.0 Å². The highest BCUT2D eigenvalue weighted by Crippen LogP contribution is 2.34. The third-order valence-corrected chi connectivity index (χ3v) is 5.72. The predicted molar refractivity (Wildman–Crippen MR) is 130 cm³/mol. The van der Waals surface area contributed by atoms with Crippen molar-refractivity contribution in [3.8, 4) is 0 Å². The second kappa shape index (κ2) is 9.41. The van der Waals surface area contributed by atoms with Crippen LogP contribution < -0.4 is 10.2 Å². The second-order valence-corrected chi connectivity index (χ2v) is 8.47. The summed E-state index contributed by atoms with van der Waals surface area (Å²) in [5, 5.41) is 3.18. The molecule has 0 aliphatic carbocycles. The fourth-order valence-electron chi connectivity index (χ4n) is 4.15. The van der Waals surface area contributed by atoms with Gasteiger partial charge in [-0.2, -0.15) is 0 Å². The van der Waals surface area contributed by atoms with Crippen molar-refractivity contribution in [3.63, 3.8) is 0 Å². The number of carbonyl (C=O) groups is 2. The van der Waals surface area contributed by atoms with Gasteiger partial charge in [0.25, 0.3) is 11.8 Å². The number of carbonyl (C=O) groups excluding carboxylic acids is 2. The van der Waals surface area contributed by atoms with E-state index in [0.29, 0.717) is 11.3 Å². The van der Waals surface area contributed by atoms with Crippen molar-refractivity contribution in [3.05, 3.63) is 100 Å². The van der Waals surface area contributed by atoms with Crippen LogP contribution in [0, 0.1) is 19.7 Å². The summed E-state index contributed by atoms with van der Waals surface area (Å²) < 4.78 is 13.6. The molecule has 0 unspecified atom stereocenters. The number of unbranched alkanes of at least 4 members (excludes halogenated alkanes) is 1. The van der Waals surface area contributed by atoms with E-state index in [0.717, 1.165) is 36.1 Å². The van der Waals surface area contributed by atoms with E-state index < -0.39 is 17.6 Å². The highest BCUT2D eigenvalue weighted by atomic mass is 19.1. The molecule has 0 fully saturated rings. The van der Waals surface area contributed by atoms with E-state index in [-0.39, 0.29) is 11.3 Å². The topological polar surface area (TPSA) is 49.4 Å². The van der Waals surface area contributed by atoms with Gasteiger partial charge in [-0.15, -0.1) is 0 Å². The Kier molecular flexibility index (Phi) is 6.40. The minimum Gasteiger partial charge on any atom is -0.350 e. The summed E-state index contributed by atoms with van der Waals surface area (Å²) in [5.41, 5.74) is 5.39. The van der Waals surface area contributed by atoms with Gasteiger partial charge >= 0.3 is 0 Å². The lowest BCUT2D eigenvalue weighted by molar-refractivity contribution is -0.120. The quantitative estimate of drug-likeness (QED) is 0.445. The molecular formula is C28H27FN2O2. The van der Waals surface area contributed by atoms with E-state index in [1.165, 1.54) is 34.7 Å². The molecule has 3 aromatic rings. The van der Waals surface area contributed by atoms with Gasteiger partial charge in [0.05, 0.1) is 11.3 Å². The largest absolute Gasteiger partial charge is 0.350 e. The number of benzene rings is 3. The van der Waals surface area contributed by atoms with E-state index in [4.69, 9.17) is 0 Å². The summed E-state index contributed by atoms with van der Waals surface area (Å²) in [6.07, 6.45) is 3.14. The molecule has 0 spiro atoms. The molecule has 168 valence electrons. The molecular weight excluding hydrogens is 415 g/mol. The highest BCUT2D eigenvalue weighted by molar-refractivity contribution is 6.46. The van der Waals surface area contributed by atoms with Crippen molar-refractivity contribution in [2.24, 2.45) is 0 Å². The molecule has 33 heavy (non-hydrogen) atoms. The average molecular weight is 443 g/mol. The van der Waals surface area contributed by atoms with Crippen LogP contribution in [0.5, 0.6) is 0 Å². The van der Waals surface area contributed by atoms with Gasteiger partial charge in [0.2, 0.25) is 0 Å². The van der Waals surface area contributed by atoms with Gasteiger partial charge in [0.1, 0.15) is 11.5 Å². The Morgan fingerprint density at radius 1 is 0.848 bits per heavy atom. The zero-order chi connectivity index (χ0) is 23.5. The lowest BCUT2D eigenvalue weighted by Gasteiger charge is -2.16. The first-order valence-corrected chi connectivity index (χ1v) is 11.2. The van der Waals surface area contributed by atoms with Crippen LogP contribution in [0.4, 0.5) is 15.8 Å². The van der Waals surface area contributed by atoms with Crippen LogP contribution >= 0.6 is 0 Å². The molecule has 2 amide bonds. The highest BCUT2D eigenvalue weighted by Gasteiger charge is 2.40. The van der Waals surface area contributed by atoms with Gasteiger partial charge < -0.3 is 5.32 Å². The molecule has 1 heterocycles. The van der Waals surface area contributed by atoms with Crippen molar-refractivity contribution in [2.75, 3.05) is 10.2 Å². The van der Waals surface area contributed by atoms with E-state index in [1.807, 2.05) is 56.3 Å². The van der Waals surface area contributed by atoms with Crippen LogP contribution in [0.3, 0.4) is 0 Å². The van der Waals surface area contributed by atoms with Crippen molar-refractivity contribution >= 4 is 28.8 Å². The Labute approximate surface area is 193 Å². The first-order valence-electron chi connectivity index (χ1n) is 11.2. The molecule has 0 radical (unpaired) electrons. The maximum Gasteiger partial charge on any atom is 0.282 e. The number of anilines is 2. The van der Waals surface area contributed by atoms with E-state index in [2.05, 4.69) is 12.2 Å². The third kappa shape index (κ3) is 4.72. The summed E-state index contributed by atoms with van der Waals surface area (Å²) in [6, 6.07) is 19.0. The van der Waals surface area contributed by atoms with Gasteiger partial charge in [0, 0.05) is 5.69 Å². The smallest absolute Gasteiger partial charge is 0.282 e. The molecule has 0 saturated carbocycles. The van der Waals surface area contributed by atoms with Crippen LogP contribution in [0.1, 0.15) is 42.0 Å². The number of nitrogens with zero attached hydrogens (tertiary/aromatic N) is 1. The first-order chi connectivity index (χ1) is 15.9. The van der Waals surface area contributed by atoms with Crippen LogP contribution in [0.2, 0.25) is 0 Å². The summed E-state index contributed by atoms with van der Waals surface area (Å²) in [6.45, 7) is 6.09. The lowest BCUT2D eigenvalue weighted by Crippen LogP contribution is -2.32. The molecule has 4 rings (SSSR count). The van der Waals surface area contributed by atoms with E-state index in [1.54, 1.807) is 0 Å². The normalized spacial score (nSPS) is 13.8. The fraction of sp³-hybridized carbons (Fsp3) is 0.214. The third-order valence-electron chi connectivity index (χ3n) is 5.72. The SMILES string of the molecule is CCCCc1ccc(N2C(=O)C(Nc3cc(C)cc(C)c3)=C(c3ccc(F)cc3)C2=O)cc1. The average Bonchev–Trinajstić information content (AvgIpc) is 3.02. The Balaban J connectivity index is 1.74. The molecule has 0 aromatic heterocycles. The standard InChI is InChI=1S/C28H27FN2O2/c1-4-5-6-20-7-13-24(14-8-20)31-27(32)25(21-9-11-22(29)12-10-21)26(28(31)33)30-23-16-18(2)15-19(3)17-23/h7-17,30H,4-6H2,1-3H3. The van der Waals surface area contributed by atoms with Crippen LogP contribution in [-0.2, 0) is 16.0 Å². The van der Waals surface area contributed by atoms with Crippen LogP contribution in [0.25, 0.3) is 5.57 Å². The summed E-state index contributed by atoms with van der Waals surface area (Å²) in [7, 11) is 0. The predicted octanol–water partition coefficient (Wildman–Crippen LogP) is 6.18. The molecule has 4 nitrogen and oxygen atoms in total. The van der Waals surface area contributed by atoms with Gasteiger partial charge in [-0.3, -0.25) is 9.59 Å². The maximum absolute atomic E-state index is 13.6. The molecule has 0 atom stereocenters. The number of nitrogens with one attached hydrogen (secondary N) is 1. The molecule has 1 aliphatic heterocycles. The number of rotatable bonds is 7. The zero-order valence-electron chi connectivity index (χ0n) is 19.1. The number of hydrogen-bond acceptors (Lipinski definition) is 3. The number of amides is 2. The van der Waals surface area contributed by atoms with Crippen LogP contribution in [-0.4, -0.2) is 11.8 Å². The molecule has 3 aromatic carbocycles. The van der Waals surface area contributed by atoms with Crippen molar-refractivity contribution in [1.82, 2.24) is 0 Å².